The average Bonchev–Trinajstić information content (AvgIpc) is 3.56. The summed E-state index contributed by atoms with van der Waals surface area (Å²) >= 11 is 0. The molecule has 0 bridgehead atoms. The molecule has 1 saturated heterocycles. The lowest BCUT2D eigenvalue weighted by Crippen LogP contribution is -2.39. The monoisotopic (exact) mass is 559 g/mol. The van der Waals surface area contributed by atoms with E-state index in [1.165, 1.54) is 4.68 Å². The minimum atomic E-state index is -4.85. The van der Waals surface area contributed by atoms with E-state index in [2.05, 4.69) is 20.4 Å². The number of anilines is 1. The lowest BCUT2D eigenvalue weighted by atomic mass is 9.99. The maximum Gasteiger partial charge on any atom is 0.359 e. The molecule has 0 spiro atoms. The third kappa shape index (κ3) is 6.13. The van der Waals surface area contributed by atoms with Crippen LogP contribution >= 0.6 is 7.60 Å². The van der Waals surface area contributed by atoms with Crippen molar-refractivity contribution in [2.45, 2.75) is 89.3 Å². The highest BCUT2D eigenvalue weighted by Gasteiger charge is 2.48. The Balaban J connectivity index is 1.61. The van der Waals surface area contributed by atoms with Crippen LogP contribution in [0.15, 0.2) is 6.20 Å². The van der Waals surface area contributed by atoms with E-state index in [1.807, 2.05) is 20.8 Å². The lowest BCUT2D eigenvalue weighted by molar-refractivity contribution is -0.104. The van der Waals surface area contributed by atoms with Crippen LogP contribution in [0.5, 0.6) is 6.01 Å². The van der Waals surface area contributed by atoms with E-state index in [9.17, 15) is 29.7 Å². The first-order valence-electron chi connectivity index (χ1n) is 12.7. The summed E-state index contributed by atoms with van der Waals surface area (Å²) in [6.45, 7) is 6.02. The van der Waals surface area contributed by atoms with E-state index in [4.69, 9.17) is 14.2 Å². The topological polar surface area (TPSA) is 202 Å². The Morgan fingerprint density at radius 3 is 2.45 bits per heavy atom. The standard InChI is InChI=1S/C23H38N5O9P/c1-22(2,3)12-35-21-26-18(25-13-7-5-6-8-13)14-9-24-28(19(14)27-21)20-17(31)16(30)15(37-20)10-36-23(4,11-29)38(32,33)34/h9,13,15-17,20,29-31H,5-8,10-12H2,1-4H3,(H,25,26,27)(H2,32,33,34)/t15-,16-,17-,20-,23?/m1/s1. The van der Waals surface area contributed by atoms with Crippen LogP contribution in [0.2, 0.25) is 0 Å². The summed E-state index contributed by atoms with van der Waals surface area (Å²) in [5, 5.41) is 37.1. The number of aromatic nitrogens is 4. The number of ether oxygens (including phenoxy) is 3. The summed E-state index contributed by atoms with van der Waals surface area (Å²) < 4.78 is 30.1. The molecular weight excluding hydrogens is 521 g/mol. The summed E-state index contributed by atoms with van der Waals surface area (Å²) in [5.41, 5.74) is 0.174. The van der Waals surface area contributed by atoms with E-state index in [0.717, 1.165) is 32.6 Å². The first-order valence-corrected chi connectivity index (χ1v) is 14.3. The average molecular weight is 560 g/mol. The molecule has 38 heavy (non-hydrogen) atoms. The van der Waals surface area contributed by atoms with Crippen molar-refractivity contribution in [1.29, 1.82) is 0 Å². The van der Waals surface area contributed by atoms with Crippen LogP contribution in [-0.2, 0) is 14.0 Å². The Morgan fingerprint density at radius 2 is 1.84 bits per heavy atom. The summed E-state index contributed by atoms with van der Waals surface area (Å²) in [7, 11) is -4.85. The second-order valence-electron chi connectivity index (χ2n) is 11.4. The van der Waals surface area contributed by atoms with Gasteiger partial charge in [-0.3, -0.25) is 4.57 Å². The van der Waals surface area contributed by atoms with E-state index in [0.29, 0.717) is 23.5 Å². The van der Waals surface area contributed by atoms with Gasteiger partial charge in [-0.15, -0.1) is 0 Å². The number of nitrogens with zero attached hydrogens (tertiary/aromatic N) is 4. The first kappa shape index (κ1) is 29.1. The SMILES string of the molecule is CC(C)(C)COc1nc(NC2CCCC2)c2cnn([C@@H]3O[C@H](COC(C)(CO)P(=O)(O)O)[C@@H](O)[C@H]3O)c2n1. The Morgan fingerprint density at radius 1 is 1.16 bits per heavy atom. The van der Waals surface area contributed by atoms with Crippen LogP contribution in [-0.4, -0.2) is 94.4 Å². The van der Waals surface area contributed by atoms with Gasteiger partial charge in [0.25, 0.3) is 0 Å². The molecule has 4 rings (SSSR count). The number of fused-ring (bicyclic) bond motifs is 1. The van der Waals surface area contributed by atoms with Gasteiger partial charge in [0.15, 0.2) is 17.2 Å². The van der Waals surface area contributed by atoms with E-state index < -0.39 is 50.7 Å². The fourth-order valence-corrected chi connectivity index (χ4v) is 4.79. The fraction of sp³-hybridized carbons (Fsp3) is 0.783. The lowest BCUT2D eigenvalue weighted by Gasteiger charge is -2.29. The van der Waals surface area contributed by atoms with Gasteiger partial charge in [0.1, 0.15) is 24.1 Å². The number of rotatable bonds is 10. The van der Waals surface area contributed by atoms with Crippen molar-refractivity contribution < 1.29 is 43.9 Å². The molecule has 0 radical (unpaired) electrons. The fourth-order valence-electron chi connectivity index (χ4n) is 4.36. The normalized spacial score (nSPS) is 26.7. The van der Waals surface area contributed by atoms with E-state index >= 15 is 0 Å². The van der Waals surface area contributed by atoms with Crippen LogP contribution in [0, 0.1) is 5.41 Å². The zero-order valence-corrected chi connectivity index (χ0v) is 22.9. The second kappa shape index (κ2) is 10.9. The van der Waals surface area contributed by atoms with Gasteiger partial charge in [-0.25, -0.2) is 4.68 Å². The zero-order valence-electron chi connectivity index (χ0n) is 22.0. The van der Waals surface area contributed by atoms with Crippen molar-refractivity contribution in [2.24, 2.45) is 5.41 Å². The number of hydrogen-bond acceptors (Lipinski definition) is 11. The predicted octanol–water partition coefficient (Wildman–Crippen LogP) is 1.13. The Hall–Kier alpha value is -1.90. The third-order valence-corrected chi connectivity index (χ3v) is 8.31. The third-order valence-electron chi connectivity index (χ3n) is 6.81. The number of aliphatic hydroxyl groups is 3. The smallest absolute Gasteiger partial charge is 0.359 e. The van der Waals surface area contributed by atoms with Crippen molar-refractivity contribution in [3.05, 3.63) is 6.20 Å². The van der Waals surface area contributed by atoms with Crippen molar-refractivity contribution in [2.75, 3.05) is 25.1 Å². The maximum atomic E-state index is 11.7. The Kier molecular flexibility index (Phi) is 8.37. The minimum absolute atomic E-state index is 0.128. The molecule has 2 aromatic rings. The second-order valence-corrected chi connectivity index (χ2v) is 13.4. The van der Waals surface area contributed by atoms with Crippen molar-refractivity contribution in [3.63, 3.8) is 0 Å². The van der Waals surface area contributed by atoms with Crippen LogP contribution < -0.4 is 10.1 Å². The van der Waals surface area contributed by atoms with Crippen LogP contribution in [0.4, 0.5) is 5.82 Å². The van der Waals surface area contributed by atoms with Crippen LogP contribution in [0.25, 0.3) is 11.0 Å². The first-order chi connectivity index (χ1) is 17.7. The van der Waals surface area contributed by atoms with E-state index in [-0.39, 0.29) is 17.5 Å². The molecule has 3 heterocycles. The Bertz CT molecular complexity index is 1160. The molecule has 1 aliphatic heterocycles. The minimum Gasteiger partial charge on any atom is -0.463 e. The highest BCUT2D eigenvalue weighted by molar-refractivity contribution is 7.53. The van der Waals surface area contributed by atoms with E-state index in [1.54, 1.807) is 6.20 Å². The molecule has 15 heteroatoms. The van der Waals surface area contributed by atoms with Gasteiger partial charge >= 0.3 is 13.6 Å². The van der Waals surface area contributed by atoms with Gasteiger partial charge in [0, 0.05) is 6.04 Å². The van der Waals surface area contributed by atoms with Crippen LogP contribution in [0.1, 0.15) is 59.6 Å². The number of nitrogens with one attached hydrogen (secondary N) is 1. The maximum absolute atomic E-state index is 11.7. The largest absolute Gasteiger partial charge is 0.463 e. The molecule has 0 aromatic carbocycles. The predicted molar refractivity (Wildman–Crippen MR) is 136 cm³/mol. The highest BCUT2D eigenvalue weighted by Crippen LogP contribution is 2.51. The molecule has 1 unspecified atom stereocenters. The summed E-state index contributed by atoms with van der Waals surface area (Å²) in [4.78, 5) is 28.1. The van der Waals surface area contributed by atoms with Crippen molar-refractivity contribution in [1.82, 2.24) is 19.7 Å². The van der Waals surface area contributed by atoms with Gasteiger partial charge < -0.3 is 44.6 Å². The quantitative estimate of drug-likeness (QED) is 0.226. The molecule has 1 saturated carbocycles. The van der Waals surface area contributed by atoms with Gasteiger partial charge in [-0.05, 0) is 25.2 Å². The summed E-state index contributed by atoms with van der Waals surface area (Å²) in [6.07, 6.45) is 0.546. The summed E-state index contributed by atoms with van der Waals surface area (Å²) in [5.74, 6) is 0.547. The Labute approximate surface area is 220 Å². The van der Waals surface area contributed by atoms with Crippen LogP contribution in [0.3, 0.4) is 0 Å². The molecule has 0 amide bonds. The van der Waals surface area contributed by atoms with Gasteiger partial charge in [-0.2, -0.15) is 15.1 Å². The number of hydrogen-bond donors (Lipinski definition) is 6. The zero-order chi connectivity index (χ0) is 27.9. The molecular formula is C23H38N5O9P. The summed E-state index contributed by atoms with van der Waals surface area (Å²) in [6, 6.07) is 0.376. The molecule has 2 aliphatic rings. The molecule has 1 aliphatic carbocycles. The molecule has 5 atom stereocenters. The molecule has 14 nitrogen and oxygen atoms in total. The van der Waals surface area contributed by atoms with Crippen molar-refractivity contribution >= 4 is 24.4 Å². The van der Waals surface area contributed by atoms with Crippen molar-refractivity contribution in [3.8, 4) is 6.01 Å². The highest BCUT2D eigenvalue weighted by atomic mass is 31.2. The molecule has 6 N–H and O–H groups in total. The number of aliphatic hydroxyl groups excluding tert-OH is 3. The van der Waals surface area contributed by atoms with Gasteiger partial charge in [0.05, 0.1) is 31.4 Å². The molecule has 2 aromatic heterocycles. The molecule has 214 valence electrons. The molecule has 2 fully saturated rings. The van der Waals surface area contributed by atoms with Gasteiger partial charge in [0.2, 0.25) is 0 Å². The van der Waals surface area contributed by atoms with Gasteiger partial charge in [-0.1, -0.05) is 33.6 Å².